The lowest BCUT2D eigenvalue weighted by molar-refractivity contribution is 0.426. The highest BCUT2D eigenvalue weighted by Crippen LogP contribution is 2.53. The van der Waals surface area contributed by atoms with Gasteiger partial charge in [-0.05, 0) is 198 Å². The Balaban J connectivity index is 0.000000134. The van der Waals surface area contributed by atoms with Gasteiger partial charge in [-0.3, -0.25) is 9.97 Å². The van der Waals surface area contributed by atoms with Crippen LogP contribution in [0.5, 0.6) is 0 Å². The summed E-state index contributed by atoms with van der Waals surface area (Å²) in [5, 5.41) is 26.1. The molecule has 0 atom stereocenters. The SMILES string of the molecule is Brc1cc(Br)cc(-c2nc(-c3ccccc3)nc(-c3ccc(-c4cccnc4)cc3)n2)c1.OB(O)c1ccc2c3c(cccc13)-c1ccccc1-2.c1ccc(-c2nc(-c3ccc(-c4cccnc4)cc3)nc(-c3cc(-c4ccc5c6c(cccc46)-c4ccccc4-5)cc(-c4ccc5c6c(cccc46)-c4ccccc4-5)c3)n2)cc1. The average Bonchev–Trinajstić information content (AvgIpc) is 1.60. The molecular weight excluding hydrogens is 1520 g/mol. The second-order valence-corrected chi connectivity index (χ2v) is 30.0. The van der Waals surface area contributed by atoms with E-state index in [0.717, 1.165) is 86.5 Å². The van der Waals surface area contributed by atoms with Crippen molar-refractivity contribution in [1.29, 1.82) is 0 Å². The summed E-state index contributed by atoms with van der Waals surface area (Å²) in [7, 11) is -1.44. The standard InChI is InChI=1S/C58H34N4.C26H16Br2N4.C16H11BO2/c1-2-11-36(12-3-1)56-60-57(37-24-22-35(23-25-37)38-13-10-30-59-34-38)62-58(61-56)41-32-39(42-26-28-52-46-16-6-4-14-44(46)50-20-8-18-48(42)54(50)52)31-40(33-41)43-27-29-53-47-17-7-5-15-45(47)51-21-9-19-49(43)55(51)53;27-22-13-21(14-23(28)15-22)26-31-24(18-5-2-1-3-6-18)30-25(32-26)19-10-8-17(9-11-19)20-7-4-12-29-16-20;18-17(19)15-9-8-13-11-5-2-1-4-10(11)12-6-3-7-14(15)16(12)13/h1-34H;1-16H;1-9,18-19H. The summed E-state index contributed by atoms with van der Waals surface area (Å²) in [5.41, 5.74) is 30.0. The largest absolute Gasteiger partial charge is 0.489 e. The summed E-state index contributed by atoms with van der Waals surface area (Å²) >= 11 is 7.12. The van der Waals surface area contributed by atoms with Gasteiger partial charge >= 0.3 is 7.12 Å². The van der Waals surface area contributed by atoms with Crippen LogP contribution >= 0.6 is 31.9 Å². The fraction of sp³-hybridized carbons (Fsp3) is 0. The van der Waals surface area contributed by atoms with Gasteiger partial charge in [0, 0.05) is 67.1 Å². The van der Waals surface area contributed by atoms with Gasteiger partial charge in [0.25, 0.3) is 0 Å². The van der Waals surface area contributed by atoms with E-state index in [4.69, 9.17) is 29.9 Å². The molecule has 0 radical (unpaired) electrons. The van der Waals surface area contributed by atoms with Crippen LogP contribution in [0.4, 0.5) is 0 Å². The van der Waals surface area contributed by atoms with Crippen molar-refractivity contribution in [3.05, 3.63) is 367 Å². The zero-order valence-electron chi connectivity index (χ0n) is 60.4. The second-order valence-electron chi connectivity index (χ2n) is 28.2. The van der Waals surface area contributed by atoms with Crippen molar-refractivity contribution in [2.45, 2.75) is 0 Å². The summed E-state index contributed by atoms with van der Waals surface area (Å²) in [6, 6.07) is 116. The molecule has 13 heteroatoms. The number of hydrogen-bond donors (Lipinski definition) is 2. The van der Waals surface area contributed by atoms with Crippen LogP contribution in [0.2, 0.25) is 0 Å². The lowest BCUT2D eigenvalue weighted by Gasteiger charge is -2.16. The van der Waals surface area contributed by atoms with Crippen molar-refractivity contribution >= 4 is 76.8 Å². The van der Waals surface area contributed by atoms with E-state index in [1.54, 1.807) is 18.5 Å². The zero-order valence-corrected chi connectivity index (χ0v) is 63.5. The molecule has 530 valence electrons. The molecule has 0 unspecified atom stereocenters. The molecule has 15 aromatic carbocycles. The highest BCUT2D eigenvalue weighted by atomic mass is 79.9. The van der Waals surface area contributed by atoms with Crippen LogP contribution in [0.3, 0.4) is 0 Å². The Bertz CT molecular complexity index is 6720. The predicted octanol–water partition coefficient (Wildman–Crippen LogP) is 24.5. The van der Waals surface area contributed by atoms with Crippen LogP contribution in [0.25, 0.3) is 212 Å². The minimum atomic E-state index is -1.44. The van der Waals surface area contributed by atoms with Gasteiger partial charge in [-0.1, -0.05) is 317 Å². The van der Waals surface area contributed by atoms with Crippen molar-refractivity contribution < 1.29 is 10.0 Å². The monoisotopic (exact) mass is 1570 g/mol. The first-order chi connectivity index (χ1) is 55.7. The van der Waals surface area contributed by atoms with E-state index in [1.807, 2.05) is 140 Å². The molecule has 10 nitrogen and oxygen atoms in total. The topological polar surface area (TPSA) is 144 Å². The number of hydrogen-bond acceptors (Lipinski definition) is 10. The second kappa shape index (κ2) is 29.0. The molecule has 0 amide bonds. The van der Waals surface area contributed by atoms with Crippen molar-refractivity contribution in [1.82, 2.24) is 39.9 Å². The van der Waals surface area contributed by atoms with Crippen molar-refractivity contribution in [2.75, 3.05) is 0 Å². The van der Waals surface area contributed by atoms with E-state index < -0.39 is 7.12 Å². The number of fused-ring (bicyclic) bond motifs is 9. The van der Waals surface area contributed by atoms with Gasteiger partial charge in [-0.2, -0.15) is 0 Å². The Morgan fingerprint density at radius 1 is 0.204 bits per heavy atom. The quantitative estimate of drug-likeness (QED) is 0.120. The molecule has 0 bridgehead atoms. The zero-order chi connectivity index (χ0) is 75.6. The third-order valence-corrected chi connectivity index (χ3v) is 22.4. The maximum absolute atomic E-state index is 9.50. The van der Waals surface area contributed by atoms with E-state index in [1.165, 1.54) is 99.4 Å². The van der Waals surface area contributed by atoms with Crippen LogP contribution in [0, 0.1) is 0 Å². The summed E-state index contributed by atoms with van der Waals surface area (Å²) in [6.07, 6.45) is 7.31. The number of halogens is 2. The predicted molar refractivity (Wildman–Crippen MR) is 467 cm³/mol. The van der Waals surface area contributed by atoms with Gasteiger partial charge < -0.3 is 10.0 Å². The number of benzene rings is 15. The van der Waals surface area contributed by atoms with Crippen LogP contribution in [-0.2, 0) is 0 Å². The van der Waals surface area contributed by atoms with Crippen molar-refractivity contribution in [3.63, 3.8) is 0 Å². The van der Waals surface area contributed by atoms with Crippen molar-refractivity contribution in [2.24, 2.45) is 0 Å². The van der Waals surface area contributed by atoms with Crippen LogP contribution in [-0.4, -0.2) is 57.0 Å². The molecule has 113 heavy (non-hydrogen) atoms. The van der Waals surface area contributed by atoms with E-state index in [0.29, 0.717) is 40.4 Å². The fourth-order valence-electron chi connectivity index (χ4n) is 16.3. The van der Waals surface area contributed by atoms with Gasteiger partial charge in [0.1, 0.15) is 0 Å². The van der Waals surface area contributed by atoms with Gasteiger partial charge in [0.2, 0.25) is 0 Å². The Morgan fingerprint density at radius 3 is 0.858 bits per heavy atom. The first-order valence-corrected chi connectivity index (χ1v) is 38.8. The maximum atomic E-state index is 9.50. The highest BCUT2D eigenvalue weighted by molar-refractivity contribution is 9.11. The van der Waals surface area contributed by atoms with Gasteiger partial charge in [-0.25, -0.2) is 29.9 Å². The van der Waals surface area contributed by atoms with E-state index in [2.05, 4.69) is 242 Å². The Labute approximate surface area is 668 Å². The smallest absolute Gasteiger partial charge is 0.423 e. The maximum Gasteiger partial charge on any atom is 0.489 e. The number of rotatable bonds is 11. The minimum absolute atomic E-state index is 0.563. The molecule has 3 aliphatic rings. The molecule has 0 spiro atoms. The van der Waals surface area contributed by atoms with Gasteiger partial charge in [-0.15, -0.1) is 0 Å². The highest BCUT2D eigenvalue weighted by Gasteiger charge is 2.28. The Hall–Kier alpha value is -13.7. The van der Waals surface area contributed by atoms with E-state index in [9.17, 15) is 10.0 Å². The van der Waals surface area contributed by atoms with E-state index in [-0.39, 0.29) is 0 Å². The van der Waals surface area contributed by atoms with Crippen LogP contribution in [0.15, 0.2) is 367 Å². The molecule has 4 heterocycles. The summed E-state index contributed by atoms with van der Waals surface area (Å²) < 4.78 is 1.90. The molecule has 0 saturated heterocycles. The lowest BCUT2D eigenvalue weighted by atomic mass is 9.76. The first-order valence-electron chi connectivity index (χ1n) is 37.3. The molecule has 22 rings (SSSR count). The molecule has 0 fully saturated rings. The van der Waals surface area contributed by atoms with Crippen molar-refractivity contribution in [3.8, 4) is 180 Å². The molecule has 0 saturated carbocycles. The molecular formula is C100H61BBr2N8O2. The lowest BCUT2D eigenvalue weighted by Crippen LogP contribution is -2.30. The molecule has 3 aliphatic carbocycles. The van der Waals surface area contributed by atoms with Gasteiger partial charge in [0.05, 0.1) is 0 Å². The first kappa shape index (κ1) is 68.6. The third-order valence-electron chi connectivity index (χ3n) is 21.5. The fourth-order valence-corrected chi connectivity index (χ4v) is 17.6. The molecule has 0 aliphatic heterocycles. The average molecular weight is 1580 g/mol. The summed E-state index contributed by atoms with van der Waals surface area (Å²) in [6.45, 7) is 0. The molecule has 2 N–H and O–H groups in total. The third kappa shape index (κ3) is 12.7. The summed E-state index contributed by atoms with van der Waals surface area (Å²) in [5.74, 6) is 3.74. The van der Waals surface area contributed by atoms with Gasteiger partial charge in [0.15, 0.2) is 34.9 Å². The number of aromatic nitrogens is 8. The van der Waals surface area contributed by atoms with Crippen LogP contribution in [0.1, 0.15) is 0 Å². The Morgan fingerprint density at radius 2 is 0.487 bits per heavy atom. The summed E-state index contributed by atoms with van der Waals surface area (Å²) in [4.78, 5) is 38.6. The molecule has 19 aromatic rings. The number of nitrogens with zero attached hydrogens (tertiary/aromatic N) is 8. The molecule has 4 aromatic heterocycles. The van der Waals surface area contributed by atoms with E-state index >= 15 is 0 Å². The van der Waals surface area contributed by atoms with Crippen LogP contribution < -0.4 is 5.46 Å². The number of pyridine rings is 2. The normalized spacial score (nSPS) is 11.5. The minimum Gasteiger partial charge on any atom is -0.423 e. The Kier molecular flexibility index (Phi) is 17.6.